The summed E-state index contributed by atoms with van der Waals surface area (Å²) in [5.74, 6) is -0.0836. The Balaban J connectivity index is 2.78. The zero-order chi connectivity index (χ0) is 13.4. The molecule has 0 N–H and O–H groups in total. The minimum Gasteiger partial charge on any atom is -0.466 e. The lowest BCUT2D eigenvalue weighted by Crippen LogP contribution is -2.25. The Hall–Kier alpha value is -1.31. The van der Waals surface area contributed by atoms with Gasteiger partial charge in [-0.25, -0.2) is 0 Å². The molecule has 0 amide bonds. The predicted octanol–water partition coefficient (Wildman–Crippen LogP) is 4.09. The molecule has 0 unspecified atom stereocenters. The Morgan fingerprint density at radius 1 is 1.11 bits per heavy atom. The molecule has 100 valence electrons. The van der Waals surface area contributed by atoms with Gasteiger partial charge in [-0.15, -0.1) is 0 Å². The highest BCUT2D eigenvalue weighted by molar-refractivity contribution is 5.69. The summed E-state index contributed by atoms with van der Waals surface area (Å²) >= 11 is 0. The van der Waals surface area contributed by atoms with Crippen molar-refractivity contribution in [1.82, 2.24) is 0 Å². The molecular weight excluding hydrogens is 224 g/mol. The molecule has 0 bridgehead atoms. The monoisotopic (exact) mass is 248 g/mol. The molecule has 0 saturated carbocycles. The molecule has 0 aliphatic rings. The van der Waals surface area contributed by atoms with E-state index in [4.69, 9.17) is 4.74 Å². The minimum absolute atomic E-state index is 0.0836. The quantitative estimate of drug-likeness (QED) is 0.679. The van der Waals surface area contributed by atoms with Crippen molar-refractivity contribution in [3.63, 3.8) is 0 Å². The highest BCUT2D eigenvalue weighted by atomic mass is 16.5. The molecule has 2 heteroatoms. The number of hydrogen-bond acceptors (Lipinski definition) is 2. The van der Waals surface area contributed by atoms with Crippen molar-refractivity contribution in [2.45, 2.75) is 51.9 Å². The maximum atomic E-state index is 11.5. The van der Waals surface area contributed by atoms with Crippen molar-refractivity contribution in [3.8, 4) is 0 Å². The molecule has 1 rings (SSSR count). The fourth-order valence-electron chi connectivity index (χ4n) is 2.52. The van der Waals surface area contributed by atoms with E-state index in [9.17, 15) is 4.79 Å². The second-order valence-corrected chi connectivity index (χ2v) is 4.66. The van der Waals surface area contributed by atoms with E-state index >= 15 is 0 Å². The summed E-state index contributed by atoms with van der Waals surface area (Å²) in [5.41, 5.74) is 1.44. The van der Waals surface area contributed by atoms with Crippen LogP contribution in [-0.4, -0.2) is 12.6 Å². The number of carbonyl (C=O) groups is 1. The first-order chi connectivity index (χ1) is 8.68. The summed E-state index contributed by atoms with van der Waals surface area (Å²) in [6.45, 7) is 6.71. The van der Waals surface area contributed by atoms with Gasteiger partial charge in [0, 0.05) is 6.42 Å². The Labute approximate surface area is 110 Å². The fourth-order valence-corrected chi connectivity index (χ4v) is 2.52. The van der Waals surface area contributed by atoms with Crippen molar-refractivity contribution >= 4 is 5.97 Å². The number of ether oxygens (including phenoxy) is 1. The van der Waals surface area contributed by atoms with Gasteiger partial charge in [-0.1, -0.05) is 44.2 Å². The van der Waals surface area contributed by atoms with E-state index in [1.165, 1.54) is 5.56 Å². The largest absolute Gasteiger partial charge is 0.466 e. The third-order valence-corrected chi connectivity index (χ3v) is 3.85. The molecule has 1 aromatic rings. The second-order valence-electron chi connectivity index (χ2n) is 4.66. The maximum Gasteiger partial charge on any atom is 0.305 e. The van der Waals surface area contributed by atoms with Gasteiger partial charge >= 0.3 is 5.97 Å². The maximum absolute atomic E-state index is 11.5. The zero-order valence-electron chi connectivity index (χ0n) is 11.7. The Morgan fingerprint density at radius 3 is 2.22 bits per heavy atom. The van der Waals surface area contributed by atoms with E-state index in [0.29, 0.717) is 13.0 Å². The molecule has 0 saturated heterocycles. The Morgan fingerprint density at radius 2 is 1.72 bits per heavy atom. The van der Waals surface area contributed by atoms with E-state index in [-0.39, 0.29) is 11.4 Å². The van der Waals surface area contributed by atoms with Crippen LogP contribution in [-0.2, 0) is 14.9 Å². The van der Waals surface area contributed by atoms with Gasteiger partial charge in [0.05, 0.1) is 6.61 Å². The molecule has 0 fully saturated rings. The highest BCUT2D eigenvalue weighted by Crippen LogP contribution is 2.36. The molecule has 0 radical (unpaired) electrons. The molecule has 0 aromatic heterocycles. The molecule has 0 atom stereocenters. The van der Waals surface area contributed by atoms with Crippen LogP contribution in [0.1, 0.15) is 52.0 Å². The Kier molecular flexibility index (Phi) is 5.90. The van der Waals surface area contributed by atoms with E-state index in [1.807, 2.05) is 13.0 Å². The van der Waals surface area contributed by atoms with Gasteiger partial charge in [0.15, 0.2) is 0 Å². The van der Waals surface area contributed by atoms with Gasteiger partial charge in [-0.2, -0.15) is 0 Å². The Bertz CT molecular complexity index is 353. The third-order valence-electron chi connectivity index (χ3n) is 3.85. The van der Waals surface area contributed by atoms with Gasteiger partial charge in [-0.05, 0) is 37.2 Å². The van der Waals surface area contributed by atoms with E-state index < -0.39 is 0 Å². The lowest BCUT2D eigenvalue weighted by molar-refractivity contribution is -0.143. The summed E-state index contributed by atoms with van der Waals surface area (Å²) in [4.78, 5) is 11.5. The fraction of sp³-hybridized carbons (Fsp3) is 0.562. The van der Waals surface area contributed by atoms with Crippen molar-refractivity contribution in [2.24, 2.45) is 0 Å². The van der Waals surface area contributed by atoms with E-state index in [1.54, 1.807) is 0 Å². The SMILES string of the molecule is CCOC(=O)CCC(CC)(CC)c1ccccc1. The summed E-state index contributed by atoms with van der Waals surface area (Å²) in [7, 11) is 0. The van der Waals surface area contributed by atoms with Crippen molar-refractivity contribution < 1.29 is 9.53 Å². The molecule has 2 nitrogen and oxygen atoms in total. The van der Waals surface area contributed by atoms with Crippen LogP contribution in [0.4, 0.5) is 0 Å². The molecule has 0 heterocycles. The summed E-state index contributed by atoms with van der Waals surface area (Å²) in [6, 6.07) is 10.5. The molecule has 1 aromatic carbocycles. The average molecular weight is 248 g/mol. The molecule has 0 aliphatic heterocycles. The smallest absolute Gasteiger partial charge is 0.305 e. The summed E-state index contributed by atoms with van der Waals surface area (Å²) < 4.78 is 5.02. The molecular formula is C16H24O2. The van der Waals surface area contributed by atoms with Gasteiger partial charge in [0.1, 0.15) is 0 Å². The van der Waals surface area contributed by atoms with Crippen LogP contribution >= 0.6 is 0 Å². The van der Waals surface area contributed by atoms with Crippen LogP contribution in [0, 0.1) is 0 Å². The molecule has 0 spiro atoms. The predicted molar refractivity (Wildman–Crippen MR) is 74.6 cm³/mol. The van der Waals surface area contributed by atoms with Gasteiger partial charge in [0.25, 0.3) is 0 Å². The lowest BCUT2D eigenvalue weighted by Gasteiger charge is -2.32. The number of esters is 1. The lowest BCUT2D eigenvalue weighted by atomic mass is 9.72. The van der Waals surface area contributed by atoms with Gasteiger partial charge < -0.3 is 4.74 Å². The van der Waals surface area contributed by atoms with Crippen LogP contribution in [0.5, 0.6) is 0 Å². The van der Waals surface area contributed by atoms with Crippen LogP contribution in [0.25, 0.3) is 0 Å². The van der Waals surface area contributed by atoms with Crippen molar-refractivity contribution in [3.05, 3.63) is 35.9 Å². The van der Waals surface area contributed by atoms with Crippen molar-refractivity contribution in [2.75, 3.05) is 6.61 Å². The highest BCUT2D eigenvalue weighted by Gasteiger charge is 2.28. The first-order valence-corrected chi connectivity index (χ1v) is 6.89. The standard InChI is InChI=1S/C16H24O2/c1-4-16(5-2,13-12-15(17)18-6-3)14-10-8-7-9-11-14/h7-11H,4-6,12-13H2,1-3H3. The van der Waals surface area contributed by atoms with E-state index in [2.05, 4.69) is 38.1 Å². The van der Waals surface area contributed by atoms with Gasteiger partial charge in [-0.3, -0.25) is 4.79 Å². The van der Waals surface area contributed by atoms with E-state index in [0.717, 1.165) is 19.3 Å². The summed E-state index contributed by atoms with van der Waals surface area (Å²) in [5, 5.41) is 0. The third kappa shape index (κ3) is 3.59. The van der Waals surface area contributed by atoms with Crippen LogP contribution in [0.2, 0.25) is 0 Å². The normalized spacial score (nSPS) is 11.3. The number of rotatable bonds is 7. The zero-order valence-corrected chi connectivity index (χ0v) is 11.7. The number of carbonyl (C=O) groups excluding carboxylic acids is 1. The number of hydrogen-bond donors (Lipinski definition) is 0. The number of benzene rings is 1. The first-order valence-electron chi connectivity index (χ1n) is 6.89. The summed E-state index contributed by atoms with van der Waals surface area (Å²) in [6.07, 6.45) is 3.47. The van der Waals surface area contributed by atoms with Gasteiger partial charge in [0.2, 0.25) is 0 Å². The molecule has 18 heavy (non-hydrogen) atoms. The topological polar surface area (TPSA) is 26.3 Å². The van der Waals surface area contributed by atoms with Crippen LogP contribution < -0.4 is 0 Å². The molecule has 0 aliphatic carbocycles. The second kappa shape index (κ2) is 7.20. The van der Waals surface area contributed by atoms with Crippen LogP contribution in [0.15, 0.2) is 30.3 Å². The van der Waals surface area contributed by atoms with Crippen LogP contribution in [0.3, 0.4) is 0 Å². The minimum atomic E-state index is -0.0836. The van der Waals surface area contributed by atoms with Crippen molar-refractivity contribution in [1.29, 1.82) is 0 Å². The first kappa shape index (κ1) is 14.7. The average Bonchev–Trinajstić information content (AvgIpc) is 2.42.